The normalized spacial score (nSPS) is 11.0. The molecule has 0 saturated carbocycles. The summed E-state index contributed by atoms with van der Waals surface area (Å²) >= 11 is 6.00. The van der Waals surface area contributed by atoms with E-state index in [1.54, 1.807) is 30.3 Å². The zero-order valence-corrected chi connectivity index (χ0v) is 11.5. The molecule has 0 atom stereocenters. The van der Waals surface area contributed by atoms with Gasteiger partial charge in [0.05, 0.1) is 16.8 Å². The van der Waals surface area contributed by atoms with Crippen LogP contribution in [0.4, 0.5) is 18.9 Å². The molecule has 0 aliphatic heterocycles. The van der Waals surface area contributed by atoms with Crippen LogP contribution < -0.4 is 5.32 Å². The van der Waals surface area contributed by atoms with Gasteiger partial charge in [0.25, 0.3) is 0 Å². The molecular weight excluding hydrogens is 301 g/mol. The largest absolute Gasteiger partial charge is 0.416 e. The Morgan fingerprint density at radius 2 is 1.86 bits per heavy atom. The van der Waals surface area contributed by atoms with Gasteiger partial charge in [-0.15, -0.1) is 0 Å². The van der Waals surface area contributed by atoms with E-state index in [9.17, 15) is 13.2 Å². The maximum atomic E-state index is 12.6. The van der Waals surface area contributed by atoms with E-state index in [0.29, 0.717) is 17.3 Å². The lowest BCUT2D eigenvalue weighted by Gasteiger charge is -2.12. The molecule has 0 heterocycles. The van der Waals surface area contributed by atoms with E-state index < -0.39 is 11.7 Å². The lowest BCUT2D eigenvalue weighted by molar-refractivity contribution is -0.137. The van der Waals surface area contributed by atoms with Crippen LogP contribution in [0, 0.1) is 11.3 Å². The second-order valence-electron chi connectivity index (χ2n) is 4.31. The SMILES string of the molecule is N#Cc1cc(C(F)(F)F)ccc1NCc1ccccc1Cl. The summed E-state index contributed by atoms with van der Waals surface area (Å²) in [5.41, 5.74) is 0.229. The summed E-state index contributed by atoms with van der Waals surface area (Å²) in [6.45, 7) is 0.319. The fraction of sp³-hybridized carbons (Fsp3) is 0.133. The van der Waals surface area contributed by atoms with Crippen molar-refractivity contribution in [3.8, 4) is 6.07 Å². The molecule has 2 rings (SSSR count). The molecule has 0 spiro atoms. The quantitative estimate of drug-likeness (QED) is 0.880. The molecule has 6 heteroatoms. The van der Waals surface area contributed by atoms with Crippen molar-refractivity contribution >= 4 is 17.3 Å². The Labute approximate surface area is 124 Å². The number of rotatable bonds is 3. The molecule has 0 bridgehead atoms. The molecule has 1 N–H and O–H groups in total. The smallest absolute Gasteiger partial charge is 0.380 e. The van der Waals surface area contributed by atoms with E-state index >= 15 is 0 Å². The lowest BCUT2D eigenvalue weighted by Crippen LogP contribution is -2.07. The van der Waals surface area contributed by atoms with Crippen LogP contribution in [0.3, 0.4) is 0 Å². The Hall–Kier alpha value is -2.19. The van der Waals surface area contributed by atoms with Crippen LogP contribution in [0.1, 0.15) is 16.7 Å². The van der Waals surface area contributed by atoms with Crippen LogP contribution >= 0.6 is 11.6 Å². The van der Waals surface area contributed by atoms with E-state index in [1.165, 1.54) is 6.07 Å². The van der Waals surface area contributed by atoms with Crippen molar-refractivity contribution < 1.29 is 13.2 Å². The molecule has 2 aromatic carbocycles. The summed E-state index contributed by atoms with van der Waals surface area (Å²) in [6, 6.07) is 11.9. The van der Waals surface area contributed by atoms with Gasteiger partial charge in [-0.05, 0) is 29.8 Å². The summed E-state index contributed by atoms with van der Waals surface area (Å²) in [6.07, 6.45) is -4.47. The van der Waals surface area contributed by atoms with Crippen LogP contribution in [-0.2, 0) is 12.7 Å². The van der Waals surface area contributed by atoms with E-state index in [1.807, 2.05) is 0 Å². The second kappa shape index (κ2) is 6.06. The van der Waals surface area contributed by atoms with Crippen molar-refractivity contribution in [2.45, 2.75) is 12.7 Å². The average molecular weight is 311 g/mol. The van der Waals surface area contributed by atoms with Gasteiger partial charge in [-0.3, -0.25) is 0 Å². The number of benzene rings is 2. The highest BCUT2D eigenvalue weighted by Gasteiger charge is 2.31. The topological polar surface area (TPSA) is 35.8 Å². The number of halogens is 4. The minimum absolute atomic E-state index is 0.0584. The summed E-state index contributed by atoms with van der Waals surface area (Å²) in [5.74, 6) is 0. The van der Waals surface area contributed by atoms with Gasteiger partial charge in [0.15, 0.2) is 0 Å². The third kappa shape index (κ3) is 3.67. The highest BCUT2D eigenvalue weighted by atomic mass is 35.5. The number of hydrogen-bond acceptors (Lipinski definition) is 2. The van der Waals surface area contributed by atoms with Crippen LogP contribution in [0.15, 0.2) is 42.5 Å². The van der Waals surface area contributed by atoms with Crippen LogP contribution in [0.5, 0.6) is 0 Å². The maximum absolute atomic E-state index is 12.6. The number of anilines is 1. The van der Waals surface area contributed by atoms with Crippen LogP contribution in [0.2, 0.25) is 5.02 Å². The number of nitriles is 1. The average Bonchev–Trinajstić information content (AvgIpc) is 2.45. The van der Waals surface area contributed by atoms with E-state index in [2.05, 4.69) is 5.32 Å². The molecule has 108 valence electrons. The molecule has 0 saturated heterocycles. The number of nitrogens with zero attached hydrogens (tertiary/aromatic N) is 1. The Kier molecular flexibility index (Phi) is 4.39. The van der Waals surface area contributed by atoms with Crippen LogP contribution in [0.25, 0.3) is 0 Å². The van der Waals surface area contributed by atoms with Gasteiger partial charge < -0.3 is 5.32 Å². The molecule has 21 heavy (non-hydrogen) atoms. The second-order valence-corrected chi connectivity index (χ2v) is 4.72. The summed E-state index contributed by atoms with van der Waals surface area (Å²) in [5, 5.41) is 12.5. The van der Waals surface area contributed by atoms with Crippen LogP contribution in [-0.4, -0.2) is 0 Å². The van der Waals surface area contributed by atoms with E-state index in [0.717, 1.165) is 17.7 Å². The standard InChI is InChI=1S/C15H10ClF3N2/c16-13-4-2-1-3-10(13)9-21-14-6-5-12(15(17,18)19)7-11(14)8-20/h1-7,21H,9H2. The van der Waals surface area contributed by atoms with Crippen molar-refractivity contribution in [3.63, 3.8) is 0 Å². The number of nitrogens with one attached hydrogen (secondary N) is 1. The van der Waals surface area contributed by atoms with Gasteiger partial charge in [-0.2, -0.15) is 18.4 Å². The molecule has 0 unspecified atom stereocenters. The fourth-order valence-corrected chi connectivity index (χ4v) is 2.00. The Balaban J connectivity index is 2.22. The summed E-state index contributed by atoms with van der Waals surface area (Å²) < 4.78 is 37.8. The molecule has 0 radical (unpaired) electrons. The monoisotopic (exact) mass is 310 g/mol. The molecule has 0 fully saturated rings. The molecule has 2 aromatic rings. The highest BCUT2D eigenvalue weighted by molar-refractivity contribution is 6.31. The molecule has 0 amide bonds. The fourth-order valence-electron chi connectivity index (χ4n) is 1.80. The Morgan fingerprint density at radius 3 is 2.48 bits per heavy atom. The number of hydrogen-bond donors (Lipinski definition) is 1. The van der Waals surface area contributed by atoms with E-state index in [4.69, 9.17) is 16.9 Å². The zero-order chi connectivity index (χ0) is 15.5. The Morgan fingerprint density at radius 1 is 1.14 bits per heavy atom. The van der Waals surface area contributed by atoms with Gasteiger partial charge in [-0.1, -0.05) is 29.8 Å². The minimum atomic E-state index is -4.47. The molecule has 0 aliphatic rings. The minimum Gasteiger partial charge on any atom is -0.380 e. The van der Waals surface area contributed by atoms with Gasteiger partial charge >= 0.3 is 6.18 Å². The maximum Gasteiger partial charge on any atom is 0.416 e. The van der Waals surface area contributed by atoms with Gasteiger partial charge in [-0.25, -0.2) is 0 Å². The third-order valence-corrected chi connectivity index (χ3v) is 3.26. The van der Waals surface area contributed by atoms with Crippen molar-refractivity contribution in [2.75, 3.05) is 5.32 Å². The van der Waals surface area contributed by atoms with Gasteiger partial charge in [0, 0.05) is 11.6 Å². The highest BCUT2D eigenvalue weighted by Crippen LogP contribution is 2.31. The number of alkyl halides is 3. The first-order valence-corrected chi connectivity index (χ1v) is 6.38. The lowest BCUT2D eigenvalue weighted by atomic mass is 10.1. The molecule has 2 nitrogen and oxygen atoms in total. The molecule has 0 aromatic heterocycles. The van der Waals surface area contributed by atoms with E-state index in [-0.39, 0.29) is 5.56 Å². The predicted molar refractivity (Wildman–Crippen MR) is 74.9 cm³/mol. The molecular formula is C15H10ClF3N2. The zero-order valence-electron chi connectivity index (χ0n) is 10.7. The van der Waals surface area contributed by atoms with Gasteiger partial charge in [0.2, 0.25) is 0 Å². The third-order valence-electron chi connectivity index (χ3n) is 2.89. The first kappa shape index (κ1) is 15.2. The summed E-state index contributed by atoms with van der Waals surface area (Å²) in [7, 11) is 0. The summed E-state index contributed by atoms with van der Waals surface area (Å²) in [4.78, 5) is 0. The molecule has 0 aliphatic carbocycles. The van der Waals surface area contributed by atoms with Crippen molar-refractivity contribution in [1.82, 2.24) is 0 Å². The Bertz CT molecular complexity index is 690. The predicted octanol–water partition coefficient (Wildman–Crippen LogP) is 4.84. The first-order valence-electron chi connectivity index (χ1n) is 6.00. The van der Waals surface area contributed by atoms with Crippen molar-refractivity contribution in [2.24, 2.45) is 0 Å². The van der Waals surface area contributed by atoms with Crippen molar-refractivity contribution in [3.05, 3.63) is 64.2 Å². The first-order chi connectivity index (χ1) is 9.91. The van der Waals surface area contributed by atoms with Gasteiger partial charge in [0.1, 0.15) is 6.07 Å². The van der Waals surface area contributed by atoms with Crippen molar-refractivity contribution in [1.29, 1.82) is 5.26 Å².